The van der Waals surface area contributed by atoms with E-state index in [1.54, 1.807) is 18.2 Å². The lowest BCUT2D eigenvalue weighted by Crippen LogP contribution is -2.54. The highest BCUT2D eigenvalue weighted by Gasteiger charge is 2.37. The molecule has 0 radical (unpaired) electrons. The van der Waals surface area contributed by atoms with Crippen LogP contribution in [0.2, 0.25) is 0 Å². The number of furan rings is 1. The minimum atomic E-state index is -0.776. The highest BCUT2D eigenvalue weighted by atomic mass is 79.9. The van der Waals surface area contributed by atoms with E-state index in [-0.39, 0.29) is 5.57 Å². The van der Waals surface area contributed by atoms with Crippen molar-refractivity contribution in [2.75, 3.05) is 36.1 Å². The van der Waals surface area contributed by atoms with Crippen molar-refractivity contribution >= 4 is 51.4 Å². The van der Waals surface area contributed by atoms with Crippen LogP contribution in [0.3, 0.4) is 0 Å². The average molecular weight is 474 g/mol. The second kappa shape index (κ2) is 8.08. The third kappa shape index (κ3) is 3.90. The van der Waals surface area contributed by atoms with Gasteiger partial charge in [0.25, 0.3) is 11.8 Å². The molecule has 3 heterocycles. The number of barbiturate groups is 1. The zero-order chi connectivity index (χ0) is 21.4. The molecule has 0 saturated carbocycles. The molecule has 0 atom stereocenters. The third-order valence-electron chi connectivity index (χ3n) is 4.84. The van der Waals surface area contributed by atoms with Gasteiger partial charge < -0.3 is 14.1 Å². The summed E-state index contributed by atoms with van der Waals surface area (Å²) in [6, 6.07) is 6.29. The van der Waals surface area contributed by atoms with Gasteiger partial charge in [-0.25, -0.2) is 9.69 Å². The molecule has 4 amide bonds. The fraction of sp³-hybridized carbons (Fsp3) is 0.286. The number of morpholine rings is 1. The monoisotopic (exact) mass is 473 g/mol. The number of nitrogens with one attached hydrogen (secondary N) is 1. The molecule has 4 rings (SSSR count). The Balaban J connectivity index is 1.67. The Bertz CT molecular complexity index is 1050. The number of amides is 4. The van der Waals surface area contributed by atoms with E-state index in [0.717, 1.165) is 16.0 Å². The fourth-order valence-electron chi connectivity index (χ4n) is 3.54. The zero-order valence-corrected chi connectivity index (χ0v) is 18.1. The van der Waals surface area contributed by atoms with Crippen LogP contribution in [0.1, 0.15) is 16.9 Å². The van der Waals surface area contributed by atoms with E-state index in [4.69, 9.17) is 9.15 Å². The summed E-state index contributed by atoms with van der Waals surface area (Å²) < 4.78 is 11.9. The first-order chi connectivity index (χ1) is 14.3. The van der Waals surface area contributed by atoms with Crippen molar-refractivity contribution in [3.05, 3.63) is 51.2 Å². The number of carbonyl (C=O) groups is 3. The van der Waals surface area contributed by atoms with Gasteiger partial charge in [0.15, 0.2) is 0 Å². The van der Waals surface area contributed by atoms with Gasteiger partial charge in [-0.05, 0) is 59.1 Å². The Hall–Kier alpha value is -2.91. The topological polar surface area (TPSA) is 92.1 Å². The number of rotatable bonds is 3. The molecule has 2 aromatic rings. The highest BCUT2D eigenvalue weighted by molar-refractivity contribution is 9.10. The number of urea groups is 1. The molecule has 2 aliphatic rings. The lowest BCUT2D eigenvalue weighted by atomic mass is 10.1. The molecular weight excluding hydrogens is 454 g/mol. The second-order valence-electron chi connectivity index (χ2n) is 7.21. The van der Waals surface area contributed by atoms with Crippen LogP contribution in [0.5, 0.6) is 0 Å². The van der Waals surface area contributed by atoms with Crippen LogP contribution in [0.4, 0.5) is 16.4 Å². The maximum atomic E-state index is 13.1. The van der Waals surface area contributed by atoms with Crippen LogP contribution in [0, 0.1) is 13.8 Å². The molecule has 156 valence electrons. The smallest absolute Gasteiger partial charge is 0.335 e. The van der Waals surface area contributed by atoms with Crippen molar-refractivity contribution in [3.63, 3.8) is 0 Å². The molecular formula is C21H20BrN3O5. The predicted octanol–water partition coefficient (Wildman–Crippen LogP) is 3.16. The molecule has 30 heavy (non-hydrogen) atoms. The van der Waals surface area contributed by atoms with Gasteiger partial charge in [0.2, 0.25) is 5.88 Å². The van der Waals surface area contributed by atoms with Crippen LogP contribution in [0.25, 0.3) is 6.08 Å². The van der Waals surface area contributed by atoms with Gasteiger partial charge >= 0.3 is 6.03 Å². The molecule has 0 aliphatic carbocycles. The lowest BCUT2D eigenvalue weighted by molar-refractivity contribution is -0.122. The number of imide groups is 2. The summed E-state index contributed by atoms with van der Waals surface area (Å²) in [4.78, 5) is 40.8. The second-order valence-corrected chi connectivity index (χ2v) is 8.06. The van der Waals surface area contributed by atoms with Crippen molar-refractivity contribution in [1.82, 2.24) is 5.32 Å². The van der Waals surface area contributed by atoms with Gasteiger partial charge in [0.05, 0.1) is 23.4 Å². The van der Waals surface area contributed by atoms with Crippen molar-refractivity contribution in [2.45, 2.75) is 13.8 Å². The molecule has 1 aromatic carbocycles. The van der Waals surface area contributed by atoms with E-state index in [1.165, 1.54) is 6.08 Å². The molecule has 0 bridgehead atoms. The molecule has 2 fully saturated rings. The molecule has 9 heteroatoms. The summed E-state index contributed by atoms with van der Waals surface area (Å²) in [5.41, 5.74) is 2.03. The van der Waals surface area contributed by atoms with E-state index in [0.29, 0.717) is 48.1 Å². The highest BCUT2D eigenvalue weighted by Crippen LogP contribution is 2.32. The van der Waals surface area contributed by atoms with Crippen LogP contribution in [-0.4, -0.2) is 44.1 Å². The molecule has 0 unspecified atom stereocenters. The minimum Gasteiger partial charge on any atom is -0.440 e. The maximum Gasteiger partial charge on any atom is 0.335 e. The third-order valence-corrected chi connectivity index (χ3v) is 5.41. The first-order valence-corrected chi connectivity index (χ1v) is 10.2. The number of hydrogen-bond acceptors (Lipinski definition) is 6. The average Bonchev–Trinajstić information content (AvgIpc) is 3.05. The first-order valence-electron chi connectivity index (χ1n) is 9.45. The first kappa shape index (κ1) is 20.4. The predicted molar refractivity (Wildman–Crippen MR) is 114 cm³/mol. The number of ether oxygens (including phenoxy) is 1. The van der Waals surface area contributed by atoms with E-state index >= 15 is 0 Å². The van der Waals surface area contributed by atoms with Gasteiger partial charge in [0.1, 0.15) is 11.3 Å². The summed E-state index contributed by atoms with van der Waals surface area (Å²) in [5.74, 6) is -0.520. The lowest BCUT2D eigenvalue weighted by Gasteiger charge is -2.27. The molecule has 2 aliphatic heterocycles. The Labute approximate surface area is 181 Å². The van der Waals surface area contributed by atoms with Gasteiger partial charge in [-0.3, -0.25) is 14.9 Å². The molecule has 0 spiro atoms. The summed E-state index contributed by atoms with van der Waals surface area (Å²) in [6.07, 6.45) is 1.36. The van der Waals surface area contributed by atoms with Crippen LogP contribution < -0.4 is 15.1 Å². The summed E-state index contributed by atoms with van der Waals surface area (Å²) in [5, 5.41) is 2.23. The molecule has 1 aromatic heterocycles. The molecule has 1 N–H and O–H groups in total. The van der Waals surface area contributed by atoms with E-state index in [9.17, 15) is 14.4 Å². The van der Waals surface area contributed by atoms with Gasteiger partial charge in [-0.1, -0.05) is 6.07 Å². The standard InChI is InChI=1S/C21H20BrN3O5/c1-12-7-13(2)9-14(8-12)25-19(27)16(18(26)23-21(25)28)10-15-11-17(22)20(30-15)24-3-5-29-6-4-24/h7-11H,3-6H2,1-2H3,(H,23,26,28)/b16-10+. The Morgan fingerprint density at radius 3 is 2.37 bits per heavy atom. The summed E-state index contributed by atoms with van der Waals surface area (Å²) >= 11 is 3.47. The maximum absolute atomic E-state index is 13.1. The Kier molecular flexibility index (Phi) is 5.48. The minimum absolute atomic E-state index is 0.177. The fourth-order valence-corrected chi connectivity index (χ4v) is 4.10. The van der Waals surface area contributed by atoms with Crippen LogP contribution >= 0.6 is 15.9 Å². The van der Waals surface area contributed by atoms with E-state index < -0.39 is 17.8 Å². The number of carbonyl (C=O) groups excluding carboxylic acids is 3. The van der Waals surface area contributed by atoms with Gasteiger partial charge in [0, 0.05) is 19.2 Å². The number of nitrogens with zero attached hydrogens (tertiary/aromatic N) is 2. The normalized spacial score (nSPS) is 18.9. The number of hydrogen-bond donors (Lipinski definition) is 1. The van der Waals surface area contributed by atoms with E-state index in [1.807, 2.05) is 24.8 Å². The number of anilines is 2. The van der Waals surface area contributed by atoms with Crippen molar-refractivity contribution < 1.29 is 23.5 Å². The van der Waals surface area contributed by atoms with Crippen molar-refractivity contribution in [2.24, 2.45) is 0 Å². The number of benzene rings is 1. The molecule has 2 saturated heterocycles. The van der Waals surface area contributed by atoms with Crippen LogP contribution in [0.15, 0.2) is 38.7 Å². The van der Waals surface area contributed by atoms with Gasteiger partial charge in [-0.15, -0.1) is 0 Å². The SMILES string of the molecule is Cc1cc(C)cc(N2C(=O)NC(=O)/C(=C\c3cc(Br)c(N4CCOCC4)o3)C2=O)c1. The quantitative estimate of drug-likeness (QED) is 0.543. The van der Waals surface area contributed by atoms with E-state index in [2.05, 4.69) is 21.2 Å². The Morgan fingerprint density at radius 1 is 1.03 bits per heavy atom. The van der Waals surface area contributed by atoms with Crippen molar-refractivity contribution in [1.29, 1.82) is 0 Å². The number of aryl methyl sites for hydroxylation is 2. The summed E-state index contributed by atoms with van der Waals surface area (Å²) in [6.45, 7) is 6.29. The zero-order valence-electron chi connectivity index (χ0n) is 16.5. The van der Waals surface area contributed by atoms with Crippen LogP contribution in [-0.2, 0) is 14.3 Å². The summed E-state index contributed by atoms with van der Waals surface area (Å²) in [7, 11) is 0. The Morgan fingerprint density at radius 2 is 1.70 bits per heavy atom. The molecule has 8 nitrogen and oxygen atoms in total. The largest absolute Gasteiger partial charge is 0.440 e. The number of halogens is 1. The van der Waals surface area contributed by atoms with Gasteiger partial charge in [-0.2, -0.15) is 0 Å². The van der Waals surface area contributed by atoms with Crippen molar-refractivity contribution in [3.8, 4) is 0 Å².